The van der Waals surface area contributed by atoms with Crippen LogP contribution < -0.4 is 10.6 Å². The van der Waals surface area contributed by atoms with Crippen LogP contribution in [0.4, 0.5) is 0 Å². The predicted molar refractivity (Wildman–Crippen MR) is 44.3 cm³/mol. The van der Waals surface area contributed by atoms with E-state index in [1.165, 1.54) is 0 Å². The molecule has 0 aliphatic carbocycles. The van der Waals surface area contributed by atoms with Gasteiger partial charge in [-0.2, -0.15) is 0 Å². The largest absolute Gasteiger partial charge is 0.355 e. The van der Waals surface area contributed by atoms with Gasteiger partial charge in [0.25, 0.3) is 0 Å². The lowest BCUT2D eigenvalue weighted by atomic mass is 9.77. The van der Waals surface area contributed by atoms with Crippen molar-refractivity contribution in [1.82, 2.24) is 10.6 Å². The fourth-order valence-electron chi connectivity index (χ4n) is 1.34. The Morgan fingerprint density at radius 1 is 1.73 bits per heavy atom. The molecule has 11 heavy (non-hydrogen) atoms. The number of carbonyl (C=O) groups is 1. The number of hydrogen-bond acceptors (Lipinski definition) is 2. The first-order valence-electron chi connectivity index (χ1n) is 4.09. The maximum Gasteiger partial charge on any atom is 0.237 e. The number of hydrogen-bond donors (Lipinski definition) is 2. The molecule has 0 spiro atoms. The van der Waals surface area contributed by atoms with Crippen LogP contribution in [-0.4, -0.2) is 25.0 Å². The first-order chi connectivity index (χ1) is 5.08. The quantitative estimate of drug-likeness (QED) is 0.596. The Labute approximate surface area is 67.5 Å². The van der Waals surface area contributed by atoms with Crippen LogP contribution in [-0.2, 0) is 4.79 Å². The molecule has 1 aliphatic heterocycles. The molecule has 1 fully saturated rings. The summed E-state index contributed by atoms with van der Waals surface area (Å²) in [4.78, 5) is 11.3. The summed E-state index contributed by atoms with van der Waals surface area (Å²) in [6.45, 7) is 7.79. The van der Waals surface area contributed by atoms with E-state index in [4.69, 9.17) is 0 Å². The molecule has 3 nitrogen and oxygen atoms in total. The lowest BCUT2D eigenvalue weighted by molar-refractivity contribution is -0.129. The molecule has 1 saturated heterocycles. The van der Waals surface area contributed by atoms with Crippen molar-refractivity contribution in [2.45, 2.75) is 26.8 Å². The zero-order chi connectivity index (χ0) is 8.48. The van der Waals surface area contributed by atoms with E-state index in [0.29, 0.717) is 6.54 Å². The van der Waals surface area contributed by atoms with E-state index in [1.54, 1.807) is 0 Å². The molecule has 0 aromatic rings. The minimum absolute atomic E-state index is 0.0162. The van der Waals surface area contributed by atoms with Gasteiger partial charge in [0.15, 0.2) is 0 Å². The summed E-state index contributed by atoms with van der Waals surface area (Å²) in [5, 5.41) is 5.91. The van der Waals surface area contributed by atoms with E-state index in [2.05, 4.69) is 24.5 Å². The van der Waals surface area contributed by atoms with E-state index in [0.717, 1.165) is 6.54 Å². The van der Waals surface area contributed by atoms with Gasteiger partial charge in [0.1, 0.15) is 0 Å². The summed E-state index contributed by atoms with van der Waals surface area (Å²) in [7, 11) is 0. The maximum atomic E-state index is 11.3. The minimum Gasteiger partial charge on any atom is -0.355 e. The molecule has 1 unspecified atom stereocenters. The summed E-state index contributed by atoms with van der Waals surface area (Å²) in [6.07, 6.45) is 0. The third-order valence-electron chi connectivity index (χ3n) is 2.16. The molecule has 0 bridgehead atoms. The number of rotatable bonds is 2. The van der Waals surface area contributed by atoms with E-state index >= 15 is 0 Å². The zero-order valence-corrected chi connectivity index (χ0v) is 7.40. The Kier molecular flexibility index (Phi) is 2.18. The number of nitrogens with one attached hydrogen (secondary N) is 2. The Hall–Kier alpha value is -0.570. The molecule has 3 heteroatoms. The highest BCUT2D eigenvalue weighted by Gasteiger charge is 2.42. The van der Waals surface area contributed by atoms with Crippen LogP contribution in [0.15, 0.2) is 0 Å². The van der Waals surface area contributed by atoms with Gasteiger partial charge in [-0.3, -0.25) is 4.79 Å². The van der Waals surface area contributed by atoms with E-state index in [-0.39, 0.29) is 17.4 Å². The monoisotopic (exact) mass is 156 g/mol. The summed E-state index contributed by atoms with van der Waals surface area (Å²) in [5.74, 6) is 0.128. The van der Waals surface area contributed by atoms with Gasteiger partial charge < -0.3 is 10.6 Å². The molecule has 0 aromatic heterocycles. The Balaban J connectivity index is 2.43. The van der Waals surface area contributed by atoms with Crippen molar-refractivity contribution >= 4 is 5.91 Å². The molecule has 0 radical (unpaired) electrons. The van der Waals surface area contributed by atoms with E-state index < -0.39 is 0 Å². The molecule has 1 heterocycles. The third-order valence-corrected chi connectivity index (χ3v) is 2.16. The van der Waals surface area contributed by atoms with E-state index in [9.17, 15) is 4.79 Å². The highest BCUT2D eigenvalue weighted by atomic mass is 16.2. The fraction of sp³-hybridized carbons (Fsp3) is 0.875. The minimum atomic E-state index is 0.0162. The van der Waals surface area contributed by atoms with Gasteiger partial charge in [-0.05, 0) is 6.92 Å². The van der Waals surface area contributed by atoms with Crippen molar-refractivity contribution in [2.75, 3.05) is 13.1 Å². The molecule has 0 aromatic carbocycles. The smallest absolute Gasteiger partial charge is 0.237 e. The third kappa shape index (κ3) is 1.53. The Morgan fingerprint density at radius 2 is 2.36 bits per heavy atom. The van der Waals surface area contributed by atoms with Crippen LogP contribution >= 0.6 is 0 Å². The van der Waals surface area contributed by atoms with Crippen LogP contribution in [0.1, 0.15) is 20.8 Å². The van der Waals surface area contributed by atoms with Gasteiger partial charge in [-0.1, -0.05) is 13.8 Å². The number of carbonyl (C=O) groups excluding carboxylic acids is 1. The highest BCUT2D eigenvalue weighted by molar-refractivity contribution is 5.83. The van der Waals surface area contributed by atoms with Crippen molar-refractivity contribution < 1.29 is 4.79 Å². The van der Waals surface area contributed by atoms with Crippen molar-refractivity contribution in [2.24, 2.45) is 5.41 Å². The van der Waals surface area contributed by atoms with Crippen LogP contribution in [0, 0.1) is 5.41 Å². The van der Waals surface area contributed by atoms with Gasteiger partial charge in [0, 0.05) is 18.5 Å². The number of amides is 1. The standard InChI is InChI=1S/C8H16N2O/c1-4-9-7(11)6-8(2,3)5-10-6/h6,10H,4-5H2,1-3H3,(H,9,11). The Morgan fingerprint density at radius 3 is 2.64 bits per heavy atom. The lowest BCUT2D eigenvalue weighted by Gasteiger charge is -2.44. The Bertz CT molecular complexity index is 165. The lowest BCUT2D eigenvalue weighted by Crippen LogP contribution is -2.65. The van der Waals surface area contributed by atoms with Crippen molar-refractivity contribution in [1.29, 1.82) is 0 Å². The zero-order valence-electron chi connectivity index (χ0n) is 7.40. The summed E-state index contributed by atoms with van der Waals surface area (Å²) < 4.78 is 0. The summed E-state index contributed by atoms with van der Waals surface area (Å²) >= 11 is 0. The SMILES string of the molecule is CCNC(=O)C1NCC1(C)C. The van der Waals surface area contributed by atoms with Gasteiger partial charge in [-0.15, -0.1) is 0 Å². The second-order valence-electron chi connectivity index (χ2n) is 3.70. The predicted octanol–water partition coefficient (Wildman–Crippen LogP) is 0.120. The van der Waals surface area contributed by atoms with Crippen LogP contribution in [0.5, 0.6) is 0 Å². The van der Waals surface area contributed by atoms with Crippen LogP contribution in [0.25, 0.3) is 0 Å². The topological polar surface area (TPSA) is 41.1 Å². The van der Waals surface area contributed by atoms with E-state index in [1.807, 2.05) is 6.92 Å². The average molecular weight is 156 g/mol. The summed E-state index contributed by atoms with van der Waals surface area (Å²) in [5.41, 5.74) is 0.138. The molecule has 1 amide bonds. The average Bonchev–Trinajstić information content (AvgIpc) is 1.86. The second kappa shape index (κ2) is 2.81. The molecule has 1 atom stereocenters. The molecule has 0 saturated carbocycles. The van der Waals surface area contributed by atoms with Crippen molar-refractivity contribution in [3.8, 4) is 0 Å². The molecular formula is C8H16N2O. The molecular weight excluding hydrogens is 140 g/mol. The highest BCUT2D eigenvalue weighted by Crippen LogP contribution is 2.27. The number of likely N-dealkylation sites (N-methyl/N-ethyl adjacent to an activating group) is 1. The first-order valence-corrected chi connectivity index (χ1v) is 4.09. The first kappa shape index (κ1) is 8.53. The summed E-state index contributed by atoms with van der Waals surface area (Å²) in [6, 6.07) is 0.0162. The second-order valence-corrected chi connectivity index (χ2v) is 3.70. The van der Waals surface area contributed by atoms with Crippen LogP contribution in [0.2, 0.25) is 0 Å². The van der Waals surface area contributed by atoms with Crippen molar-refractivity contribution in [3.05, 3.63) is 0 Å². The van der Waals surface area contributed by atoms with Crippen LogP contribution in [0.3, 0.4) is 0 Å². The fourth-order valence-corrected chi connectivity index (χ4v) is 1.34. The molecule has 2 N–H and O–H groups in total. The molecule has 64 valence electrons. The van der Waals surface area contributed by atoms with Crippen molar-refractivity contribution in [3.63, 3.8) is 0 Å². The van der Waals surface area contributed by atoms with Gasteiger partial charge in [-0.25, -0.2) is 0 Å². The van der Waals surface area contributed by atoms with Gasteiger partial charge >= 0.3 is 0 Å². The molecule has 1 aliphatic rings. The normalized spacial score (nSPS) is 27.4. The van der Waals surface area contributed by atoms with Gasteiger partial charge in [0.05, 0.1) is 6.04 Å². The maximum absolute atomic E-state index is 11.3. The van der Waals surface area contributed by atoms with Gasteiger partial charge in [0.2, 0.25) is 5.91 Å². The molecule has 1 rings (SSSR count).